The molecule has 0 bridgehead atoms. The van der Waals surface area contributed by atoms with Gasteiger partial charge in [-0.15, -0.1) is 6.58 Å². The SMILES string of the molecule is C=CCCCN(C)C(=O)C(C)NC. The summed E-state index contributed by atoms with van der Waals surface area (Å²) in [6, 6.07) is -0.0891. The lowest BCUT2D eigenvalue weighted by Gasteiger charge is -2.20. The van der Waals surface area contributed by atoms with E-state index in [1.54, 1.807) is 11.9 Å². The summed E-state index contributed by atoms with van der Waals surface area (Å²) in [4.78, 5) is 13.3. The van der Waals surface area contributed by atoms with Gasteiger partial charge in [0.15, 0.2) is 0 Å². The fourth-order valence-electron chi connectivity index (χ4n) is 1.04. The molecule has 0 aliphatic rings. The lowest BCUT2D eigenvalue weighted by atomic mass is 10.2. The number of amides is 1. The zero-order chi connectivity index (χ0) is 10.3. The molecule has 0 aromatic rings. The number of nitrogens with one attached hydrogen (secondary N) is 1. The van der Waals surface area contributed by atoms with Crippen molar-refractivity contribution in [1.82, 2.24) is 10.2 Å². The van der Waals surface area contributed by atoms with E-state index in [1.807, 2.05) is 20.0 Å². The molecule has 0 aliphatic carbocycles. The van der Waals surface area contributed by atoms with Gasteiger partial charge in [0.1, 0.15) is 0 Å². The minimum absolute atomic E-state index is 0.0891. The molecule has 0 radical (unpaired) electrons. The van der Waals surface area contributed by atoms with Gasteiger partial charge >= 0.3 is 0 Å². The Morgan fingerprint density at radius 1 is 1.69 bits per heavy atom. The maximum Gasteiger partial charge on any atom is 0.239 e. The summed E-state index contributed by atoms with van der Waals surface area (Å²) >= 11 is 0. The van der Waals surface area contributed by atoms with Crippen LogP contribution in [0.5, 0.6) is 0 Å². The van der Waals surface area contributed by atoms with E-state index in [0.717, 1.165) is 19.4 Å². The zero-order valence-corrected chi connectivity index (χ0v) is 8.84. The molecule has 1 N–H and O–H groups in total. The molecule has 1 atom stereocenters. The fraction of sp³-hybridized carbons (Fsp3) is 0.700. The lowest BCUT2D eigenvalue weighted by molar-refractivity contribution is -0.131. The number of hydrogen-bond donors (Lipinski definition) is 1. The average molecular weight is 184 g/mol. The van der Waals surface area contributed by atoms with E-state index in [-0.39, 0.29) is 11.9 Å². The highest BCUT2D eigenvalue weighted by molar-refractivity contribution is 5.81. The molecule has 13 heavy (non-hydrogen) atoms. The molecule has 3 heteroatoms. The highest BCUT2D eigenvalue weighted by Gasteiger charge is 2.14. The van der Waals surface area contributed by atoms with Crippen molar-refractivity contribution in [3.05, 3.63) is 12.7 Å². The summed E-state index contributed by atoms with van der Waals surface area (Å²) in [5, 5.41) is 2.92. The van der Waals surface area contributed by atoms with Crippen LogP contribution < -0.4 is 5.32 Å². The van der Waals surface area contributed by atoms with E-state index in [0.29, 0.717) is 0 Å². The summed E-state index contributed by atoms with van der Waals surface area (Å²) < 4.78 is 0. The molecule has 1 amide bonds. The Morgan fingerprint density at radius 3 is 2.77 bits per heavy atom. The third kappa shape index (κ3) is 4.68. The topological polar surface area (TPSA) is 32.3 Å². The minimum atomic E-state index is -0.0891. The van der Waals surface area contributed by atoms with E-state index in [2.05, 4.69) is 11.9 Å². The number of carbonyl (C=O) groups is 1. The van der Waals surface area contributed by atoms with Crippen LogP contribution in [0.4, 0.5) is 0 Å². The van der Waals surface area contributed by atoms with Crippen molar-refractivity contribution in [1.29, 1.82) is 0 Å². The molecule has 3 nitrogen and oxygen atoms in total. The van der Waals surface area contributed by atoms with Gasteiger partial charge in [0.25, 0.3) is 0 Å². The van der Waals surface area contributed by atoms with Crippen LogP contribution in [-0.4, -0.2) is 37.5 Å². The summed E-state index contributed by atoms with van der Waals surface area (Å²) in [6.07, 6.45) is 3.83. The van der Waals surface area contributed by atoms with Gasteiger partial charge in [0.05, 0.1) is 6.04 Å². The minimum Gasteiger partial charge on any atom is -0.344 e. The van der Waals surface area contributed by atoms with Crippen LogP contribution in [0, 0.1) is 0 Å². The van der Waals surface area contributed by atoms with Crippen molar-refractivity contribution in [2.45, 2.75) is 25.8 Å². The largest absolute Gasteiger partial charge is 0.344 e. The first kappa shape index (κ1) is 12.2. The van der Waals surface area contributed by atoms with E-state index in [9.17, 15) is 4.79 Å². The van der Waals surface area contributed by atoms with Gasteiger partial charge in [-0.1, -0.05) is 6.08 Å². The number of nitrogens with zero attached hydrogens (tertiary/aromatic N) is 1. The van der Waals surface area contributed by atoms with Gasteiger partial charge in [-0.3, -0.25) is 4.79 Å². The molecule has 1 unspecified atom stereocenters. The molecule has 0 fully saturated rings. The van der Waals surface area contributed by atoms with Crippen molar-refractivity contribution < 1.29 is 4.79 Å². The second-order valence-corrected chi connectivity index (χ2v) is 3.20. The Morgan fingerprint density at radius 2 is 2.31 bits per heavy atom. The Kier molecular flexibility index (Phi) is 6.24. The highest BCUT2D eigenvalue weighted by atomic mass is 16.2. The van der Waals surface area contributed by atoms with Gasteiger partial charge in [-0.2, -0.15) is 0 Å². The number of likely N-dealkylation sites (N-methyl/N-ethyl adjacent to an activating group) is 2. The summed E-state index contributed by atoms with van der Waals surface area (Å²) in [5.74, 6) is 0.145. The van der Waals surface area contributed by atoms with Crippen molar-refractivity contribution >= 4 is 5.91 Å². The maximum absolute atomic E-state index is 11.5. The number of carbonyl (C=O) groups excluding carboxylic acids is 1. The standard InChI is InChI=1S/C10H20N2O/c1-5-6-7-8-12(4)10(13)9(2)11-3/h5,9,11H,1,6-8H2,2-4H3. The van der Waals surface area contributed by atoms with Crippen molar-refractivity contribution in [2.24, 2.45) is 0 Å². The predicted octanol–water partition coefficient (Wildman–Crippen LogP) is 1.02. The van der Waals surface area contributed by atoms with Gasteiger partial charge in [-0.05, 0) is 26.8 Å². The second-order valence-electron chi connectivity index (χ2n) is 3.20. The smallest absolute Gasteiger partial charge is 0.239 e. The lowest BCUT2D eigenvalue weighted by Crippen LogP contribution is -2.41. The number of rotatable bonds is 6. The van der Waals surface area contributed by atoms with Crippen LogP contribution >= 0.6 is 0 Å². The van der Waals surface area contributed by atoms with Crippen LogP contribution in [0.15, 0.2) is 12.7 Å². The molecule has 0 heterocycles. The quantitative estimate of drug-likeness (QED) is 0.494. The van der Waals surface area contributed by atoms with Gasteiger partial charge in [0, 0.05) is 13.6 Å². The van der Waals surface area contributed by atoms with E-state index < -0.39 is 0 Å². The Bertz CT molecular complexity index is 168. The number of allylic oxidation sites excluding steroid dienone is 1. The maximum atomic E-state index is 11.5. The van der Waals surface area contributed by atoms with Crippen molar-refractivity contribution in [3.63, 3.8) is 0 Å². The Hall–Kier alpha value is -0.830. The van der Waals surface area contributed by atoms with Gasteiger partial charge in [0.2, 0.25) is 5.91 Å². The molecular formula is C10H20N2O. The summed E-state index contributed by atoms with van der Waals surface area (Å²) in [7, 11) is 3.62. The summed E-state index contributed by atoms with van der Waals surface area (Å²) in [5.41, 5.74) is 0. The van der Waals surface area contributed by atoms with Crippen molar-refractivity contribution in [2.75, 3.05) is 20.6 Å². The second kappa shape index (κ2) is 6.66. The first-order chi connectivity index (χ1) is 6.13. The van der Waals surface area contributed by atoms with Gasteiger partial charge < -0.3 is 10.2 Å². The normalized spacial score (nSPS) is 12.2. The number of unbranched alkanes of at least 4 members (excludes halogenated alkanes) is 1. The van der Waals surface area contributed by atoms with E-state index in [1.165, 1.54) is 0 Å². The highest BCUT2D eigenvalue weighted by Crippen LogP contribution is 1.96. The number of hydrogen-bond acceptors (Lipinski definition) is 2. The Balaban J connectivity index is 3.75. The third-order valence-corrected chi connectivity index (χ3v) is 2.08. The van der Waals surface area contributed by atoms with Crippen LogP contribution in [0.3, 0.4) is 0 Å². The van der Waals surface area contributed by atoms with Crippen LogP contribution in [-0.2, 0) is 4.79 Å². The monoisotopic (exact) mass is 184 g/mol. The molecule has 0 saturated carbocycles. The molecule has 0 aliphatic heterocycles. The molecule has 0 saturated heterocycles. The summed E-state index contributed by atoms with van der Waals surface area (Å²) in [6.45, 7) is 6.31. The first-order valence-electron chi connectivity index (χ1n) is 4.66. The molecule has 76 valence electrons. The van der Waals surface area contributed by atoms with Crippen molar-refractivity contribution in [3.8, 4) is 0 Å². The zero-order valence-electron chi connectivity index (χ0n) is 8.84. The Labute approximate surface area is 80.8 Å². The molecule has 0 spiro atoms. The van der Waals surface area contributed by atoms with Crippen LogP contribution in [0.1, 0.15) is 19.8 Å². The molecule has 0 aromatic carbocycles. The van der Waals surface area contributed by atoms with Gasteiger partial charge in [-0.25, -0.2) is 0 Å². The van der Waals surface area contributed by atoms with Crippen LogP contribution in [0.25, 0.3) is 0 Å². The molecule has 0 rings (SSSR count). The average Bonchev–Trinajstić information content (AvgIpc) is 2.15. The van der Waals surface area contributed by atoms with E-state index >= 15 is 0 Å². The van der Waals surface area contributed by atoms with E-state index in [4.69, 9.17) is 0 Å². The first-order valence-corrected chi connectivity index (χ1v) is 4.66. The molecular weight excluding hydrogens is 164 g/mol. The molecule has 0 aromatic heterocycles. The predicted molar refractivity (Wildman–Crippen MR) is 55.6 cm³/mol. The van der Waals surface area contributed by atoms with Crippen LogP contribution in [0.2, 0.25) is 0 Å². The third-order valence-electron chi connectivity index (χ3n) is 2.08. The fourth-order valence-corrected chi connectivity index (χ4v) is 1.04.